The molecule has 0 aliphatic carbocycles. The highest BCUT2D eigenvalue weighted by atomic mass is 16.3. The van der Waals surface area contributed by atoms with Gasteiger partial charge in [-0.3, -0.25) is 0 Å². The molecule has 3 heteroatoms. The smallest absolute Gasteiger partial charge is 0.0558 e. The molecular formula is C16H36N2O. The van der Waals surface area contributed by atoms with Crippen LogP contribution in [0.3, 0.4) is 0 Å². The maximum Gasteiger partial charge on any atom is 0.0558 e. The largest absolute Gasteiger partial charge is 0.395 e. The fourth-order valence-corrected chi connectivity index (χ4v) is 2.61. The molecule has 2 N–H and O–H groups in total. The molecule has 0 fully saturated rings. The minimum atomic E-state index is 0.267. The van der Waals surface area contributed by atoms with E-state index in [1.165, 1.54) is 12.8 Å². The minimum absolute atomic E-state index is 0.267. The molecule has 0 radical (unpaired) electrons. The summed E-state index contributed by atoms with van der Waals surface area (Å²) in [7, 11) is 0. The highest BCUT2D eigenvalue weighted by Crippen LogP contribution is 2.27. The van der Waals surface area contributed by atoms with Crippen LogP contribution < -0.4 is 5.32 Å². The Morgan fingerprint density at radius 1 is 1.11 bits per heavy atom. The van der Waals surface area contributed by atoms with Gasteiger partial charge < -0.3 is 15.3 Å². The third-order valence-electron chi connectivity index (χ3n) is 4.07. The lowest BCUT2D eigenvalue weighted by molar-refractivity contribution is 0.113. The Bertz CT molecular complexity index is 197. The third kappa shape index (κ3) is 7.91. The Labute approximate surface area is 120 Å². The summed E-state index contributed by atoms with van der Waals surface area (Å²) in [6.07, 6.45) is 3.55. The molecule has 0 rings (SSSR count). The normalized spacial score (nSPS) is 12.6. The van der Waals surface area contributed by atoms with Gasteiger partial charge in [-0.1, -0.05) is 34.6 Å². The van der Waals surface area contributed by atoms with Crippen LogP contribution in [0.4, 0.5) is 0 Å². The monoisotopic (exact) mass is 272 g/mol. The Hall–Kier alpha value is -0.120. The number of nitrogens with zero attached hydrogens (tertiary/aromatic N) is 1. The van der Waals surface area contributed by atoms with Gasteiger partial charge in [0.05, 0.1) is 6.61 Å². The van der Waals surface area contributed by atoms with Crippen LogP contribution in [-0.2, 0) is 0 Å². The lowest BCUT2D eigenvalue weighted by atomic mass is 9.81. The first-order valence-electron chi connectivity index (χ1n) is 8.07. The predicted molar refractivity (Wildman–Crippen MR) is 84.5 cm³/mol. The van der Waals surface area contributed by atoms with E-state index in [1.54, 1.807) is 0 Å². The van der Waals surface area contributed by atoms with Crippen molar-refractivity contribution < 1.29 is 5.11 Å². The average molecular weight is 272 g/mol. The summed E-state index contributed by atoms with van der Waals surface area (Å²) in [5, 5.41) is 12.8. The molecule has 0 heterocycles. The van der Waals surface area contributed by atoms with Crippen LogP contribution in [0.15, 0.2) is 0 Å². The first kappa shape index (κ1) is 18.9. The van der Waals surface area contributed by atoms with E-state index in [-0.39, 0.29) is 6.61 Å². The number of aliphatic hydroxyl groups is 1. The number of hydrogen-bond acceptors (Lipinski definition) is 3. The van der Waals surface area contributed by atoms with Crippen molar-refractivity contribution in [3.63, 3.8) is 0 Å². The second kappa shape index (κ2) is 10.6. The summed E-state index contributed by atoms with van der Waals surface area (Å²) in [6, 6.07) is 0. The Balaban J connectivity index is 4.47. The molecule has 0 aromatic heterocycles. The predicted octanol–water partition coefficient (Wildman–Crippen LogP) is 2.74. The van der Waals surface area contributed by atoms with Gasteiger partial charge in [-0.25, -0.2) is 0 Å². The number of hydrogen-bond donors (Lipinski definition) is 2. The first-order chi connectivity index (χ1) is 9.03. The van der Waals surface area contributed by atoms with E-state index in [0.29, 0.717) is 11.3 Å². The van der Waals surface area contributed by atoms with Crippen LogP contribution in [-0.4, -0.2) is 49.3 Å². The summed E-state index contributed by atoms with van der Waals surface area (Å²) in [5.74, 6) is 0.704. The van der Waals surface area contributed by atoms with E-state index in [4.69, 9.17) is 0 Å². The zero-order valence-electron chi connectivity index (χ0n) is 13.8. The van der Waals surface area contributed by atoms with Gasteiger partial charge in [0.15, 0.2) is 0 Å². The van der Waals surface area contributed by atoms with Gasteiger partial charge in [-0.15, -0.1) is 0 Å². The van der Waals surface area contributed by atoms with E-state index < -0.39 is 0 Å². The van der Waals surface area contributed by atoms with Gasteiger partial charge in [0, 0.05) is 19.6 Å². The molecule has 0 aliphatic rings. The van der Waals surface area contributed by atoms with E-state index in [9.17, 15) is 5.11 Å². The highest BCUT2D eigenvalue weighted by molar-refractivity contribution is 4.83. The molecule has 0 saturated heterocycles. The lowest BCUT2D eigenvalue weighted by Crippen LogP contribution is -2.45. The molecule has 0 spiro atoms. The van der Waals surface area contributed by atoms with Crippen molar-refractivity contribution in [2.75, 3.05) is 39.3 Å². The second-order valence-electron chi connectivity index (χ2n) is 6.23. The molecular weight excluding hydrogens is 236 g/mol. The van der Waals surface area contributed by atoms with Gasteiger partial charge in [-0.2, -0.15) is 0 Å². The van der Waals surface area contributed by atoms with Crippen molar-refractivity contribution in [1.82, 2.24) is 10.2 Å². The Morgan fingerprint density at radius 3 is 2.16 bits per heavy atom. The third-order valence-corrected chi connectivity index (χ3v) is 4.07. The summed E-state index contributed by atoms with van der Waals surface area (Å²) in [4.78, 5) is 2.42. The fraction of sp³-hybridized carbons (Fsp3) is 1.00. The number of nitrogens with one attached hydrogen (secondary N) is 1. The molecule has 116 valence electrons. The van der Waals surface area contributed by atoms with Crippen LogP contribution in [0.25, 0.3) is 0 Å². The standard InChI is InChI=1S/C16H36N2O/c1-6-9-18(10-11-19)14-16(7-2,8-3)13-17-12-15(4)5/h15,17,19H,6-14H2,1-5H3. The number of rotatable bonds is 12. The zero-order chi connectivity index (χ0) is 14.7. The van der Waals surface area contributed by atoms with Crippen molar-refractivity contribution >= 4 is 0 Å². The topological polar surface area (TPSA) is 35.5 Å². The minimum Gasteiger partial charge on any atom is -0.395 e. The van der Waals surface area contributed by atoms with Crippen LogP contribution in [0, 0.1) is 11.3 Å². The van der Waals surface area contributed by atoms with Gasteiger partial charge in [0.1, 0.15) is 0 Å². The summed E-state index contributed by atoms with van der Waals surface area (Å²) >= 11 is 0. The molecule has 0 amide bonds. The summed E-state index contributed by atoms with van der Waals surface area (Å²) in [5.41, 5.74) is 0.346. The van der Waals surface area contributed by atoms with E-state index in [1.807, 2.05) is 0 Å². The van der Waals surface area contributed by atoms with Crippen molar-refractivity contribution in [2.24, 2.45) is 11.3 Å². The van der Waals surface area contributed by atoms with E-state index in [0.717, 1.165) is 39.1 Å². The molecule has 0 atom stereocenters. The molecule has 3 nitrogen and oxygen atoms in total. The van der Waals surface area contributed by atoms with Gasteiger partial charge in [0.25, 0.3) is 0 Å². The van der Waals surface area contributed by atoms with Gasteiger partial charge >= 0.3 is 0 Å². The average Bonchev–Trinajstić information content (AvgIpc) is 2.37. The molecule has 0 aliphatic heterocycles. The van der Waals surface area contributed by atoms with Gasteiger partial charge in [0.2, 0.25) is 0 Å². The van der Waals surface area contributed by atoms with E-state index in [2.05, 4.69) is 44.8 Å². The molecule has 0 aromatic rings. The van der Waals surface area contributed by atoms with E-state index >= 15 is 0 Å². The van der Waals surface area contributed by atoms with Crippen molar-refractivity contribution in [2.45, 2.75) is 53.9 Å². The van der Waals surface area contributed by atoms with Crippen molar-refractivity contribution in [3.8, 4) is 0 Å². The van der Waals surface area contributed by atoms with Crippen LogP contribution >= 0.6 is 0 Å². The van der Waals surface area contributed by atoms with Crippen LogP contribution in [0.1, 0.15) is 53.9 Å². The molecule has 19 heavy (non-hydrogen) atoms. The number of aliphatic hydroxyl groups excluding tert-OH is 1. The maximum absolute atomic E-state index is 9.20. The Morgan fingerprint density at radius 2 is 1.74 bits per heavy atom. The highest BCUT2D eigenvalue weighted by Gasteiger charge is 2.28. The first-order valence-corrected chi connectivity index (χ1v) is 8.07. The second-order valence-corrected chi connectivity index (χ2v) is 6.23. The van der Waals surface area contributed by atoms with Crippen LogP contribution in [0.2, 0.25) is 0 Å². The Kier molecular flexibility index (Phi) is 10.6. The lowest BCUT2D eigenvalue weighted by Gasteiger charge is -2.37. The summed E-state index contributed by atoms with van der Waals surface area (Å²) < 4.78 is 0. The molecule has 0 bridgehead atoms. The van der Waals surface area contributed by atoms with Crippen molar-refractivity contribution in [3.05, 3.63) is 0 Å². The molecule has 0 aromatic carbocycles. The molecule has 0 saturated carbocycles. The van der Waals surface area contributed by atoms with Gasteiger partial charge in [-0.05, 0) is 43.7 Å². The molecule has 0 unspecified atom stereocenters. The van der Waals surface area contributed by atoms with Crippen molar-refractivity contribution in [1.29, 1.82) is 0 Å². The quantitative estimate of drug-likeness (QED) is 0.573. The fourth-order valence-electron chi connectivity index (χ4n) is 2.61. The SMILES string of the molecule is CCCN(CCO)CC(CC)(CC)CNCC(C)C. The maximum atomic E-state index is 9.20. The summed E-state index contributed by atoms with van der Waals surface area (Å²) in [6.45, 7) is 16.7. The van der Waals surface area contributed by atoms with Crippen LogP contribution in [0.5, 0.6) is 0 Å². The zero-order valence-corrected chi connectivity index (χ0v) is 13.8.